The van der Waals surface area contributed by atoms with Crippen LogP contribution >= 0.6 is 31.9 Å². The molecule has 0 aliphatic heterocycles. The van der Waals surface area contributed by atoms with Crippen molar-refractivity contribution >= 4 is 43.2 Å². The number of halogens is 2. The maximum absolute atomic E-state index is 11.0. The van der Waals surface area contributed by atoms with Gasteiger partial charge in [0.05, 0.1) is 27.7 Å². The second kappa shape index (κ2) is 9.66. The van der Waals surface area contributed by atoms with Crippen molar-refractivity contribution in [3.05, 3.63) is 90.4 Å². The topological polar surface area (TPSA) is 105 Å². The van der Waals surface area contributed by atoms with Crippen molar-refractivity contribution in [2.24, 2.45) is 0 Å². The van der Waals surface area contributed by atoms with Gasteiger partial charge in [0.15, 0.2) is 0 Å². The minimum absolute atomic E-state index is 0.0329. The van der Waals surface area contributed by atoms with Crippen LogP contribution in [0.2, 0.25) is 0 Å². The number of nitro benzene ring substituents is 1. The van der Waals surface area contributed by atoms with Gasteiger partial charge in [-0.05, 0) is 70.2 Å². The molecule has 8 nitrogen and oxygen atoms in total. The van der Waals surface area contributed by atoms with Gasteiger partial charge in [0, 0.05) is 26.4 Å². The predicted octanol–water partition coefficient (Wildman–Crippen LogP) is 5.99. The lowest BCUT2D eigenvalue weighted by Crippen LogP contribution is -2.03. The van der Waals surface area contributed by atoms with Crippen LogP contribution in [0.3, 0.4) is 0 Å². The lowest BCUT2D eigenvalue weighted by atomic mass is 10.2. The number of nitrogen functional groups attached to an aromatic ring is 1. The van der Waals surface area contributed by atoms with E-state index in [1.165, 1.54) is 6.07 Å². The van der Waals surface area contributed by atoms with Gasteiger partial charge in [-0.25, -0.2) is 9.36 Å². The molecule has 0 atom stereocenters. The highest BCUT2D eigenvalue weighted by molar-refractivity contribution is 9.10. The maximum Gasteiger partial charge on any atom is 0.296 e. The van der Waals surface area contributed by atoms with Crippen LogP contribution in [0.1, 0.15) is 22.8 Å². The molecule has 0 aliphatic carbocycles. The summed E-state index contributed by atoms with van der Waals surface area (Å²) in [5, 5.41) is 19.7. The van der Waals surface area contributed by atoms with Gasteiger partial charge in [-0.1, -0.05) is 31.9 Å². The first kappa shape index (κ1) is 23.7. The van der Waals surface area contributed by atoms with Crippen LogP contribution in [0, 0.1) is 37.8 Å². The fourth-order valence-electron chi connectivity index (χ4n) is 3.29. The molecule has 2 aromatic carbocycles. The van der Waals surface area contributed by atoms with Crippen LogP contribution in [0.25, 0.3) is 11.4 Å². The molecule has 2 aromatic heterocycles. The fraction of sp³-hybridized carbons (Fsp3) is 0.182. The van der Waals surface area contributed by atoms with Gasteiger partial charge in [-0.2, -0.15) is 10.2 Å². The van der Waals surface area contributed by atoms with E-state index < -0.39 is 4.92 Å². The van der Waals surface area contributed by atoms with E-state index in [1.807, 2.05) is 62.7 Å². The monoisotopic (exact) mass is 560 g/mol. The van der Waals surface area contributed by atoms with Crippen molar-refractivity contribution < 1.29 is 4.92 Å². The van der Waals surface area contributed by atoms with Gasteiger partial charge in [-0.3, -0.25) is 10.1 Å². The highest BCUT2D eigenvalue weighted by Crippen LogP contribution is 2.27. The zero-order valence-electron chi connectivity index (χ0n) is 18.0. The van der Waals surface area contributed by atoms with E-state index in [0.29, 0.717) is 10.2 Å². The van der Waals surface area contributed by atoms with Crippen molar-refractivity contribution in [3.8, 4) is 11.4 Å². The van der Waals surface area contributed by atoms with E-state index in [0.717, 1.165) is 38.6 Å². The third-order valence-electron chi connectivity index (χ3n) is 4.60. The van der Waals surface area contributed by atoms with Crippen LogP contribution in [-0.2, 0) is 0 Å². The lowest BCUT2D eigenvalue weighted by molar-refractivity contribution is -0.384. The Bertz CT molecular complexity index is 1300. The Morgan fingerprint density at radius 1 is 0.812 bits per heavy atom. The molecule has 166 valence electrons. The van der Waals surface area contributed by atoms with Crippen molar-refractivity contribution in [2.45, 2.75) is 27.7 Å². The Morgan fingerprint density at radius 2 is 1.28 bits per heavy atom. The SMILES string of the molecule is Cc1cc(C)n(-c2ccc(Br)cc2N)n1.Cc1cc(C)n(-c2ccc(Br)cc2[N+](=O)[O-])n1. The molecule has 0 amide bonds. The number of nitrogens with zero attached hydrogens (tertiary/aromatic N) is 5. The summed E-state index contributed by atoms with van der Waals surface area (Å²) in [6, 6.07) is 14.6. The predicted molar refractivity (Wildman–Crippen MR) is 133 cm³/mol. The third-order valence-corrected chi connectivity index (χ3v) is 5.59. The summed E-state index contributed by atoms with van der Waals surface area (Å²) in [6.07, 6.45) is 0. The summed E-state index contributed by atoms with van der Waals surface area (Å²) in [5.41, 5.74) is 11.9. The van der Waals surface area contributed by atoms with E-state index >= 15 is 0 Å². The molecule has 0 radical (unpaired) electrons. The average molecular weight is 562 g/mol. The van der Waals surface area contributed by atoms with Gasteiger partial charge < -0.3 is 5.73 Å². The minimum atomic E-state index is -0.406. The smallest absolute Gasteiger partial charge is 0.296 e. The van der Waals surface area contributed by atoms with Crippen molar-refractivity contribution in [1.29, 1.82) is 0 Å². The normalized spacial score (nSPS) is 10.6. The molecule has 0 saturated carbocycles. The molecule has 32 heavy (non-hydrogen) atoms. The molecule has 4 aromatic rings. The van der Waals surface area contributed by atoms with Crippen LogP contribution < -0.4 is 5.73 Å². The summed E-state index contributed by atoms with van der Waals surface area (Å²) in [5.74, 6) is 0. The Hall–Kier alpha value is -2.98. The number of anilines is 1. The minimum Gasteiger partial charge on any atom is -0.397 e. The molecule has 2 heterocycles. The first-order chi connectivity index (χ1) is 15.1. The summed E-state index contributed by atoms with van der Waals surface area (Å²) in [6.45, 7) is 7.71. The summed E-state index contributed by atoms with van der Waals surface area (Å²) in [7, 11) is 0. The molecule has 4 rings (SSSR count). The number of hydrogen-bond acceptors (Lipinski definition) is 5. The van der Waals surface area contributed by atoms with Crippen LogP contribution in [-0.4, -0.2) is 24.5 Å². The standard InChI is InChI=1S/C11H10BrN3O2.C11H12BrN3/c1-7-5-8(2)14(13-7)10-4-3-9(12)6-11(10)15(16)17;1-7-5-8(2)15(14-7)11-4-3-9(12)6-10(11)13/h3-6H,1-2H3;3-6H,13H2,1-2H3. The van der Waals surface area contributed by atoms with Crippen LogP contribution in [0.15, 0.2) is 57.5 Å². The summed E-state index contributed by atoms with van der Waals surface area (Å²) in [4.78, 5) is 10.6. The third kappa shape index (κ3) is 5.25. The van der Waals surface area contributed by atoms with E-state index in [4.69, 9.17) is 5.73 Å². The molecule has 0 bridgehead atoms. The van der Waals surface area contributed by atoms with E-state index in [1.54, 1.807) is 16.8 Å². The zero-order valence-corrected chi connectivity index (χ0v) is 21.2. The number of aromatic nitrogens is 4. The number of rotatable bonds is 3. The number of hydrogen-bond donors (Lipinski definition) is 1. The molecule has 0 aliphatic rings. The van der Waals surface area contributed by atoms with Crippen molar-refractivity contribution in [1.82, 2.24) is 19.6 Å². The Morgan fingerprint density at radius 3 is 1.72 bits per heavy atom. The second-order valence-corrected chi connectivity index (χ2v) is 9.10. The molecular weight excluding hydrogens is 540 g/mol. The first-order valence-electron chi connectivity index (χ1n) is 9.63. The van der Waals surface area contributed by atoms with Crippen LogP contribution in [0.5, 0.6) is 0 Å². The Kier molecular flexibility index (Phi) is 7.15. The van der Waals surface area contributed by atoms with E-state index in [2.05, 4.69) is 42.1 Å². The number of benzene rings is 2. The van der Waals surface area contributed by atoms with Crippen molar-refractivity contribution in [2.75, 3.05) is 5.73 Å². The van der Waals surface area contributed by atoms with Crippen LogP contribution in [0.4, 0.5) is 11.4 Å². The Balaban J connectivity index is 0.000000182. The quantitative estimate of drug-likeness (QED) is 0.188. The van der Waals surface area contributed by atoms with Gasteiger partial charge in [0.2, 0.25) is 0 Å². The van der Waals surface area contributed by atoms with Gasteiger partial charge in [0.25, 0.3) is 5.69 Å². The number of nitro groups is 1. The van der Waals surface area contributed by atoms with Gasteiger partial charge in [-0.15, -0.1) is 0 Å². The molecule has 10 heteroatoms. The van der Waals surface area contributed by atoms with Crippen molar-refractivity contribution in [3.63, 3.8) is 0 Å². The maximum atomic E-state index is 11.0. The van der Waals surface area contributed by atoms with Gasteiger partial charge in [0.1, 0.15) is 5.69 Å². The first-order valence-corrected chi connectivity index (χ1v) is 11.2. The van der Waals surface area contributed by atoms with E-state index in [9.17, 15) is 10.1 Å². The molecule has 2 N–H and O–H groups in total. The molecule has 0 spiro atoms. The molecule has 0 saturated heterocycles. The average Bonchev–Trinajstić information content (AvgIpc) is 3.22. The number of nitrogens with two attached hydrogens (primary N) is 1. The second-order valence-electron chi connectivity index (χ2n) is 7.27. The molecule has 0 unspecified atom stereocenters. The van der Waals surface area contributed by atoms with Gasteiger partial charge >= 0.3 is 0 Å². The van der Waals surface area contributed by atoms with E-state index in [-0.39, 0.29) is 5.69 Å². The highest BCUT2D eigenvalue weighted by Gasteiger charge is 2.17. The summed E-state index contributed by atoms with van der Waals surface area (Å²) >= 11 is 6.61. The Labute approximate surface area is 202 Å². The lowest BCUT2D eigenvalue weighted by Gasteiger charge is -2.07. The summed E-state index contributed by atoms with van der Waals surface area (Å²) < 4.78 is 5.09. The highest BCUT2D eigenvalue weighted by atomic mass is 79.9. The largest absolute Gasteiger partial charge is 0.397 e. The molecular formula is C22H22Br2N6O2. The fourth-order valence-corrected chi connectivity index (χ4v) is 4.01. The number of aryl methyl sites for hydroxylation is 4. The molecule has 0 fully saturated rings. The zero-order chi connectivity index (χ0) is 23.6.